The number of hydrogen-bond acceptors (Lipinski definition) is 5. The Hall–Kier alpha value is -1.83. The molecule has 4 rings (SSSR count). The van der Waals surface area contributed by atoms with Gasteiger partial charge in [-0.2, -0.15) is 0 Å². The number of thiazole rings is 1. The lowest BCUT2D eigenvalue weighted by atomic mass is 9.94. The SMILES string of the molecule is Cc1c(C(=O)N(C)C2CCCCC2)sc2nc3ccc(NCC(O)CCl)cc3n12. The number of carbonyl (C=O) groups excluding carboxylic acids is 1. The van der Waals surface area contributed by atoms with E-state index in [4.69, 9.17) is 16.6 Å². The van der Waals surface area contributed by atoms with Crippen molar-refractivity contribution < 1.29 is 9.90 Å². The van der Waals surface area contributed by atoms with Gasteiger partial charge in [-0.3, -0.25) is 9.20 Å². The van der Waals surface area contributed by atoms with Crippen LogP contribution in [-0.2, 0) is 0 Å². The van der Waals surface area contributed by atoms with Crippen LogP contribution in [0.5, 0.6) is 0 Å². The Labute approximate surface area is 179 Å². The van der Waals surface area contributed by atoms with E-state index in [0.717, 1.165) is 45.1 Å². The molecule has 2 heterocycles. The predicted molar refractivity (Wildman–Crippen MR) is 119 cm³/mol. The molecule has 1 fully saturated rings. The normalized spacial score (nSPS) is 16.4. The van der Waals surface area contributed by atoms with Crippen molar-refractivity contribution in [1.82, 2.24) is 14.3 Å². The monoisotopic (exact) mass is 434 g/mol. The molecule has 1 unspecified atom stereocenters. The first-order chi connectivity index (χ1) is 14.0. The van der Waals surface area contributed by atoms with E-state index in [1.807, 2.05) is 37.1 Å². The number of hydrogen-bond donors (Lipinski definition) is 2. The first kappa shape index (κ1) is 20.4. The van der Waals surface area contributed by atoms with Gasteiger partial charge < -0.3 is 15.3 Å². The van der Waals surface area contributed by atoms with Crippen molar-refractivity contribution in [2.75, 3.05) is 24.8 Å². The minimum absolute atomic E-state index is 0.0950. The number of aliphatic hydroxyl groups is 1. The maximum Gasteiger partial charge on any atom is 0.265 e. The Morgan fingerprint density at radius 2 is 2.17 bits per heavy atom. The van der Waals surface area contributed by atoms with Crippen LogP contribution in [0.4, 0.5) is 5.69 Å². The topological polar surface area (TPSA) is 69.9 Å². The van der Waals surface area contributed by atoms with Crippen LogP contribution in [0.3, 0.4) is 0 Å². The van der Waals surface area contributed by atoms with Crippen molar-refractivity contribution in [1.29, 1.82) is 0 Å². The highest BCUT2D eigenvalue weighted by Crippen LogP contribution is 2.31. The van der Waals surface area contributed by atoms with E-state index in [0.29, 0.717) is 12.6 Å². The number of anilines is 1. The van der Waals surface area contributed by atoms with Gasteiger partial charge in [-0.25, -0.2) is 4.98 Å². The number of aryl methyl sites for hydroxylation is 1. The number of nitrogens with one attached hydrogen (secondary N) is 1. The maximum absolute atomic E-state index is 13.2. The molecule has 1 saturated carbocycles. The number of halogens is 1. The van der Waals surface area contributed by atoms with E-state index in [9.17, 15) is 9.90 Å². The summed E-state index contributed by atoms with van der Waals surface area (Å²) in [6, 6.07) is 6.25. The predicted octanol–water partition coefficient (Wildman–Crippen LogP) is 4.27. The molecule has 0 spiro atoms. The maximum atomic E-state index is 13.2. The molecular formula is C21H27ClN4O2S. The number of imidazole rings is 1. The van der Waals surface area contributed by atoms with E-state index in [1.165, 1.54) is 30.6 Å². The van der Waals surface area contributed by atoms with Crippen LogP contribution in [0, 0.1) is 6.92 Å². The summed E-state index contributed by atoms with van der Waals surface area (Å²) in [6.45, 7) is 2.37. The zero-order chi connectivity index (χ0) is 20.5. The second-order valence-electron chi connectivity index (χ2n) is 7.85. The average Bonchev–Trinajstić information content (AvgIpc) is 3.27. The quantitative estimate of drug-likeness (QED) is 0.568. The van der Waals surface area contributed by atoms with Crippen LogP contribution in [0.15, 0.2) is 18.2 Å². The summed E-state index contributed by atoms with van der Waals surface area (Å²) >= 11 is 7.13. The van der Waals surface area contributed by atoms with E-state index in [1.54, 1.807) is 0 Å². The molecule has 0 bridgehead atoms. The summed E-state index contributed by atoms with van der Waals surface area (Å²) in [5, 5.41) is 12.9. The number of alkyl halides is 1. The Bertz CT molecular complexity index is 1020. The molecule has 0 saturated heterocycles. The molecule has 3 aromatic rings. The van der Waals surface area contributed by atoms with Gasteiger partial charge in [0.25, 0.3) is 5.91 Å². The molecule has 156 valence electrons. The summed E-state index contributed by atoms with van der Waals surface area (Å²) in [6.07, 6.45) is 5.27. The molecule has 29 heavy (non-hydrogen) atoms. The lowest BCUT2D eigenvalue weighted by Crippen LogP contribution is -2.38. The van der Waals surface area contributed by atoms with Gasteiger partial charge in [0.15, 0.2) is 4.96 Å². The standard InChI is InChI=1S/C21H27ClN4O2S/c1-13-19(20(28)25(2)15-6-4-3-5-7-15)29-21-24-17-9-8-14(10-18(17)26(13)21)23-12-16(27)11-22/h8-10,15-16,23,27H,3-7,11-12H2,1-2H3. The van der Waals surface area contributed by atoms with Crippen molar-refractivity contribution in [2.45, 2.75) is 51.2 Å². The van der Waals surface area contributed by atoms with Gasteiger partial charge in [-0.1, -0.05) is 30.6 Å². The summed E-state index contributed by atoms with van der Waals surface area (Å²) in [5.74, 6) is 0.285. The summed E-state index contributed by atoms with van der Waals surface area (Å²) in [7, 11) is 1.93. The largest absolute Gasteiger partial charge is 0.390 e. The average molecular weight is 435 g/mol. The smallest absolute Gasteiger partial charge is 0.265 e. The van der Waals surface area contributed by atoms with Crippen molar-refractivity contribution >= 4 is 50.5 Å². The minimum atomic E-state index is -0.597. The Morgan fingerprint density at radius 1 is 1.41 bits per heavy atom. The first-order valence-corrected chi connectivity index (χ1v) is 11.5. The third-order valence-corrected chi connectivity index (χ3v) is 7.32. The Kier molecular flexibility index (Phi) is 5.99. The molecular weight excluding hydrogens is 408 g/mol. The molecule has 2 aromatic heterocycles. The summed E-state index contributed by atoms with van der Waals surface area (Å²) in [5.41, 5.74) is 3.67. The summed E-state index contributed by atoms with van der Waals surface area (Å²) in [4.78, 5) is 21.4. The number of benzene rings is 1. The van der Waals surface area contributed by atoms with Crippen molar-refractivity contribution in [3.05, 3.63) is 28.8 Å². The molecule has 1 aliphatic rings. The fourth-order valence-electron chi connectivity index (χ4n) is 4.11. The zero-order valence-corrected chi connectivity index (χ0v) is 18.4. The third kappa shape index (κ3) is 3.96. The molecule has 0 radical (unpaired) electrons. The van der Waals surface area contributed by atoms with E-state index in [2.05, 4.69) is 9.72 Å². The van der Waals surface area contributed by atoms with Gasteiger partial charge in [-0.05, 0) is 38.0 Å². The van der Waals surface area contributed by atoms with Crippen LogP contribution >= 0.6 is 22.9 Å². The number of nitrogens with zero attached hydrogens (tertiary/aromatic N) is 3. The molecule has 2 N–H and O–H groups in total. The molecule has 0 aliphatic heterocycles. The fourth-order valence-corrected chi connectivity index (χ4v) is 5.34. The zero-order valence-electron chi connectivity index (χ0n) is 16.8. The van der Waals surface area contributed by atoms with Gasteiger partial charge >= 0.3 is 0 Å². The molecule has 1 amide bonds. The van der Waals surface area contributed by atoms with Gasteiger partial charge in [0.2, 0.25) is 0 Å². The van der Waals surface area contributed by atoms with Crippen LogP contribution in [0.1, 0.15) is 47.5 Å². The molecule has 6 nitrogen and oxygen atoms in total. The highest BCUT2D eigenvalue weighted by atomic mass is 35.5. The lowest BCUT2D eigenvalue weighted by Gasteiger charge is -2.31. The molecule has 1 aliphatic carbocycles. The van der Waals surface area contributed by atoms with E-state index in [-0.39, 0.29) is 11.8 Å². The van der Waals surface area contributed by atoms with E-state index < -0.39 is 6.10 Å². The van der Waals surface area contributed by atoms with Crippen molar-refractivity contribution in [3.63, 3.8) is 0 Å². The van der Waals surface area contributed by atoms with Gasteiger partial charge in [-0.15, -0.1) is 11.6 Å². The van der Waals surface area contributed by atoms with Gasteiger partial charge in [0.05, 0.1) is 23.0 Å². The molecule has 8 heteroatoms. The first-order valence-electron chi connectivity index (χ1n) is 10.2. The molecule has 1 atom stereocenters. The second-order valence-corrected chi connectivity index (χ2v) is 9.13. The van der Waals surface area contributed by atoms with Crippen molar-refractivity contribution in [3.8, 4) is 0 Å². The van der Waals surface area contributed by atoms with E-state index >= 15 is 0 Å². The van der Waals surface area contributed by atoms with Crippen LogP contribution in [0.25, 0.3) is 16.0 Å². The number of aliphatic hydroxyl groups excluding tert-OH is 1. The van der Waals surface area contributed by atoms with Crippen LogP contribution in [0.2, 0.25) is 0 Å². The highest BCUT2D eigenvalue weighted by molar-refractivity contribution is 7.19. The Balaban J connectivity index is 1.64. The van der Waals surface area contributed by atoms with Gasteiger partial charge in [0, 0.05) is 31.0 Å². The van der Waals surface area contributed by atoms with Gasteiger partial charge in [0.1, 0.15) is 4.88 Å². The number of carbonyl (C=O) groups is 1. The Morgan fingerprint density at radius 3 is 2.90 bits per heavy atom. The highest BCUT2D eigenvalue weighted by Gasteiger charge is 2.27. The van der Waals surface area contributed by atoms with Crippen molar-refractivity contribution in [2.24, 2.45) is 0 Å². The van der Waals surface area contributed by atoms with Crippen LogP contribution < -0.4 is 5.32 Å². The fraction of sp³-hybridized carbons (Fsp3) is 0.524. The number of amides is 1. The number of fused-ring (bicyclic) bond motifs is 3. The molecule has 1 aromatic carbocycles. The number of aromatic nitrogens is 2. The lowest BCUT2D eigenvalue weighted by molar-refractivity contribution is 0.0700. The third-order valence-electron chi connectivity index (χ3n) is 5.84. The van der Waals surface area contributed by atoms with Crippen LogP contribution in [-0.4, -0.2) is 56.9 Å². The number of rotatable bonds is 6. The summed E-state index contributed by atoms with van der Waals surface area (Å²) < 4.78 is 2.06. The minimum Gasteiger partial charge on any atom is -0.390 e. The second kappa shape index (κ2) is 8.50.